The highest BCUT2D eigenvalue weighted by Crippen LogP contribution is 2.27. The SMILES string of the molecule is O=S(=O)(c1ccc(Cl)c(Cl)c1)N1CCN(Cc2ccsc2)CC1. The van der Waals surface area contributed by atoms with Crippen molar-refractivity contribution < 1.29 is 8.42 Å². The van der Waals surface area contributed by atoms with Crippen LogP contribution in [0.15, 0.2) is 39.9 Å². The van der Waals surface area contributed by atoms with Gasteiger partial charge in [-0.3, -0.25) is 4.90 Å². The number of piperazine rings is 1. The number of rotatable bonds is 4. The molecule has 0 saturated carbocycles. The van der Waals surface area contributed by atoms with Crippen molar-refractivity contribution in [3.05, 3.63) is 50.6 Å². The zero-order valence-corrected chi connectivity index (χ0v) is 15.4. The Morgan fingerprint density at radius 1 is 1.04 bits per heavy atom. The first kappa shape index (κ1) is 17.2. The first-order valence-corrected chi connectivity index (χ1v) is 10.3. The van der Waals surface area contributed by atoms with E-state index in [-0.39, 0.29) is 9.92 Å². The fourth-order valence-corrected chi connectivity index (χ4v) is 5.03. The van der Waals surface area contributed by atoms with Crippen LogP contribution in [0.2, 0.25) is 10.0 Å². The molecule has 0 unspecified atom stereocenters. The number of hydrogen-bond acceptors (Lipinski definition) is 4. The van der Waals surface area contributed by atoms with Crippen LogP contribution in [0, 0.1) is 0 Å². The molecule has 2 aromatic rings. The third-order valence-electron chi connectivity index (χ3n) is 3.85. The molecule has 2 heterocycles. The predicted molar refractivity (Wildman–Crippen MR) is 94.8 cm³/mol. The number of sulfonamides is 1. The highest BCUT2D eigenvalue weighted by Gasteiger charge is 2.28. The average molecular weight is 391 g/mol. The molecule has 0 aliphatic carbocycles. The Bertz CT molecular complexity index is 771. The summed E-state index contributed by atoms with van der Waals surface area (Å²) in [6.45, 7) is 3.26. The zero-order chi connectivity index (χ0) is 16.4. The van der Waals surface area contributed by atoms with Crippen LogP contribution in [-0.4, -0.2) is 43.8 Å². The van der Waals surface area contributed by atoms with E-state index in [0.29, 0.717) is 18.1 Å². The van der Waals surface area contributed by atoms with E-state index in [1.807, 2.05) is 0 Å². The Labute approximate surface area is 150 Å². The second-order valence-corrected chi connectivity index (χ2v) is 8.92. The van der Waals surface area contributed by atoms with Crippen molar-refractivity contribution >= 4 is 44.6 Å². The maximum absolute atomic E-state index is 12.7. The van der Waals surface area contributed by atoms with Gasteiger partial charge in [-0.05, 0) is 40.6 Å². The Hall–Kier alpha value is -0.630. The number of benzene rings is 1. The summed E-state index contributed by atoms with van der Waals surface area (Å²) in [5, 5.41) is 4.79. The van der Waals surface area contributed by atoms with Gasteiger partial charge in [-0.15, -0.1) is 0 Å². The van der Waals surface area contributed by atoms with Gasteiger partial charge in [0.25, 0.3) is 0 Å². The van der Waals surface area contributed by atoms with E-state index in [1.165, 1.54) is 28.1 Å². The molecule has 4 nitrogen and oxygen atoms in total. The Balaban J connectivity index is 1.67. The lowest BCUT2D eigenvalue weighted by Crippen LogP contribution is -2.48. The fraction of sp³-hybridized carbons (Fsp3) is 0.333. The first-order valence-electron chi connectivity index (χ1n) is 7.15. The molecule has 1 aliphatic heterocycles. The van der Waals surface area contributed by atoms with Crippen LogP contribution in [0.25, 0.3) is 0 Å². The van der Waals surface area contributed by atoms with Crippen LogP contribution in [0.4, 0.5) is 0 Å². The molecule has 0 amide bonds. The molecule has 124 valence electrons. The van der Waals surface area contributed by atoms with Gasteiger partial charge in [0, 0.05) is 32.7 Å². The highest BCUT2D eigenvalue weighted by atomic mass is 35.5. The topological polar surface area (TPSA) is 40.6 Å². The van der Waals surface area contributed by atoms with Crippen molar-refractivity contribution in [2.45, 2.75) is 11.4 Å². The Morgan fingerprint density at radius 2 is 1.78 bits per heavy atom. The quantitative estimate of drug-likeness (QED) is 0.800. The minimum absolute atomic E-state index is 0.193. The summed E-state index contributed by atoms with van der Waals surface area (Å²) < 4.78 is 26.9. The lowest BCUT2D eigenvalue weighted by molar-refractivity contribution is 0.182. The third-order valence-corrected chi connectivity index (χ3v) is 7.21. The normalized spacial score (nSPS) is 17.5. The largest absolute Gasteiger partial charge is 0.296 e. The monoisotopic (exact) mass is 390 g/mol. The summed E-state index contributed by atoms with van der Waals surface area (Å²) in [7, 11) is -3.52. The minimum atomic E-state index is -3.52. The summed E-state index contributed by atoms with van der Waals surface area (Å²) in [5.41, 5.74) is 1.27. The standard InChI is InChI=1S/C15H16Cl2N2O2S2/c16-14-2-1-13(9-15(14)17)23(20,21)19-6-4-18(5-7-19)10-12-3-8-22-11-12/h1-3,8-9,11H,4-7,10H2. The second kappa shape index (κ2) is 7.09. The number of nitrogens with zero attached hydrogens (tertiary/aromatic N) is 2. The van der Waals surface area contributed by atoms with Crippen molar-refractivity contribution in [3.63, 3.8) is 0 Å². The molecule has 0 bridgehead atoms. The van der Waals surface area contributed by atoms with E-state index in [1.54, 1.807) is 11.3 Å². The van der Waals surface area contributed by atoms with Crippen molar-refractivity contribution in [2.24, 2.45) is 0 Å². The van der Waals surface area contributed by atoms with Crippen molar-refractivity contribution in [2.75, 3.05) is 26.2 Å². The maximum atomic E-state index is 12.7. The molecular formula is C15H16Cl2N2O2S2. The number of thiophene rings is 1. The van der Waals surface area contributed by atoms with Crippen LogP contribution in [0.1, 0.15) is 5.56 Å². The van der Waals surface area contributed by atoms with Gasteiger partial charge >= 0.3 is 0 Å². The Morgan fingerprint density at radius 3 is 2.39 bits per heavy atom. The van der Waals surface area contributed by atoms with Gasteiger partial charge in [0.15, 0.2) is 0 Å². The lowest BCUT2D eigenvalue weighted by atomic mass is 10.3. The van der Waals surface area contributed by atoms with Crippen LogP contribution >= 0.6 is 34.5 Å². The predicted octanol–water partition coefficient (Wildman–Crippen LogP) is 3.56. The number of halogens is 2. The smallest absolute Gasteiger partial charge is 0.243 e. The zero-order valence-electron chi connectivity index (χ0n) is 12.3. The molecule has 1 aromatic carbocycles. The summed E-state index contributed by atoms with van der Waals surface area (Å²) in [6, 6.07) is 6.53. The Kier molecular flexibility index (Phi) is 5.30. The molecule has 3 rings (SSSR count). The molecule has 23 heavy (non-hydrogen) atoms. The molecule has 0 radical (unpaired) electrons. The summed E-state index contributed by atoms with van der Waals surface area (Å²) in [5.74, 6) is 0. The summed E-state index contributed by atoms with van der Waals surface area (Å²) in [4.78, 5) is 2.46. The van der Waals surface area contributed by atoms with Gasteiger partial charge in [-0.1, -0.05) is 23.2 Å². The van der Waals surface area contributed by atoms with Gasteiger partial charge in [-0.25, -0.2) is 8.42 Å². The van der Waals surface area contributed by atoms with Gasteiger partial charge in [-0.2, -0.15) is 15.6 Å². The maximum Gasteiger partial charge on any atom is 0.243 e. The van der Waals surface area contributed by atoms with Crippen LogP contribution in [-0.2, 0) is 16.6 Å². The van der Waals surface area contributed by atoms with Gasteiger partial charge in [0.1, 0.15) is 0 Å². The van der Waals surface area contributed by atoms with E-state index in [9.17, 15) is 8.42 Å². The minimum Gasteiger partial charge on any atom is -0.296 e. The highest BCUT2D eigenvalue weighted by molar-refractivity contribution is 7.89. The first-order chi connectivity index (χ1) is 11.0. The van der Waals surface area contributed by atoms with Crippen LogP contribution < -0.4 is 0 Å². The lowest BCUT2D eigenvalue weighted by Gasteiger charge is -2.33. The fourth-order valence-electron chi connectivity index (χ4n) is 2.56. The van der Waals surface area contributed by atoms with E-state index >= 15 is 0 Å². The molecule has 0 N–H and O–H groups in total. The van der Waals surface area contributed by atoms with Gasteiger partial charge in [0.05, 0.1) is 14.9 Å². The molecule has 1 aromatic heterocycles. The van der Waals surface area contributed by atoms with Crippen molar-refractivity contribution in [3.8, 4) is 0 Å². The van der Waals surface area contributed by atoms with E-state index < -0.39 is 10.0 Å². The molecule has 1 saturated heterocycles. The van der Waals surface area contributed by atoms with Gasteiger partial charge < -0.3 is 0 Å². The molecule has 0 spiro atoms. The van der Waals surface area contributed by atoms with Crippen LogP contribution in [0.5, 0.6) is 0 Å². The van der Waals surface area contributed by atoms with Crippen molar-refractivity contribution in [1.29, 1.82) is 0 Å². The third kappa shape index (κ3) is 3.90. The van der Waals surface area contributed by atoms with E-state index in [4.69, 9.17) is 23.2 Å². The second-order valence-electron chi connectivity index (χ2n) is 5.39. The molecule has 0 atom stereocenters. The van der Waals surface area contributed by atoms with Crippen LogP contribution in [0.3, 0.4) is 0 Å². The molecular weight excluding hydrogens is 375 g/mol. The summed E-state index contributed by atoms with van der Waals surface area (Å²) in [6.07, 6.45) is 0. The average Bonchev–Trinajstić information content (AvgIpc) is 3.03. The molecule has 8 heteroatoms. The molecule has 1 fully saturated rings. The number of hydrogen-bond donors (Lipinski definition) is 0. The molecule has 1 aliphatic rings. The summed E-state index contributed by atoms with van der Waals surface area (Å²) >= 11 is 13.5. The van der Waals surface area contributed by atoms with E-state index in [0.717, 1.165) is 19.6 Å². The van der Waals surface area contributed by atoms with Crippen molar-refractivity contribution in [1.82, 2.24) is 9.21 Å². The van der Waals surface area contributed by atoms with Gasteiger partial charge in [0.2, 0.25) is 10.0 Å². The van der Waals surface area contributed by atoms with E-state index in [2.05, 4.69) is 21.7 Å².